The number of halogens is 4. The van der Waals surface area contributed by atoms with Gasteiger partial charge in [-0.1, -0.05) is 46.3 Å². The topological polar surface area (TPSA) is 9.23 Å². The predicted octanol–water partition coefficient (Wildman–Crippen LogP) is 3.62. The number of hydrogen-bond acceptors (Lipinski definition) is 1. The van der Waals surface area contributed by atoms with Gasteiger partial charge < -0.3 is 0 Å². The minimum atomic E-state index is -4.62. The van der Waals surface area contributed by atoms with Gasteiger partial charge in [0.2, 0.25) is 0 Å². The Morgan fingerprint density at radius 1 is 1.15 bits per heavy atom. The SMILES string of the molecule is FC(F)(F)OC(Br)c1ccccc1. The molecule has 0 aliphatic carbocycles. The van der Waals surface area contributed by atoms with Gasteiger partial charge >= 0.3 is 6.36 Å². The Morgan fingerprint density at radius 2 is 1.69 bits per heavy atom. The lowest BCUT2D eigenvalue weighted by Gasteiger charge is -2.13. The highest BCUT2D eigenvalue weighted by Gasteiger charge is 2.33. The predicted molar refractivity (Wildman–Crippen MR) is 45.3 cm³/mol. The van der Waals surface area contributed by atoms with E-state index in [0.29, 0.717) is 5.56 Å². The molecule has 0 saturated carbocycles. The number of ether oxygens (including phenoxy) is 1. The third-order valence-electron chi connectivity index (χ3n) is 1.30. The Balaban J connectivity index is 2.64. The van der Waals surface area contributed by atoms with Gasteiger partial charge in [0.15, 0.2) is 0 Å². The second kappa shape index (κ2) is 4.11. The molecular weight excluding hydrogens is 249 g/mol. The first-order valence-electron chi connectivity index (χ1n) is 3.42. The molecule has 13 heavy (non-hydrogen) atoms. The smallest absolute Gasteiger partial charge is 0.272 e. The van der Waals surface area contributed by atoms with E-state index in [1.807, 2.05) is 0 Å². The molecule has 1 rings (SSSR count). The molecule has 0 saturated heterocycles. The number of benzene rings is 1. The van der Waals surface area contributed by atoms with Gasteiger partial charge in [-0.15, -0.1) is 13.2 Å². The largest absolute Gasteiger partial charge is 0.523 e. The van der Waals surface area contributed by atoms with Gasteiger partial charge in [0.1, 0.15) is 5.01 Å². The van der Waals surface area contributed by atoms with Crippen LogP contribution in [0, 0.1) is 0 Å². The molecule has 1 nitrogen and oxygen atoms in total. The number of rotatable bonds is 2. The quantitative estimate of drug-likeness (QED) is 0.733. The van der Waals surface area contributed by atoms with E-state index in [-0.39, 0.29) is 0 Å². The first-order valence-corrected chi connectivity index (χ1v) is 4.34. The van der Waals surface area contributed by atoms with Gasteiger partial charge in [-0.25, -0.2) is 0 Å². The molecule has 0 bridgehead atoms. The van der Waals surface area contributed by atoms with Crippen molar-refractivity contribution in [2.45, 2.75) is 11.4 Å². The fraction of sp³-hybridized carbons (Fsp3) is 0.250. The van der Waals surface area contributed by atoms with Crippen LogP contribution in [-0.2, 0) is 4.74 Å². The van der Waals surface area contributed by atoms with Crippen LogP contribution in [0.4, 0.5) is 13.2 Å². The van der Waals surface area contributed by atoms with Crippen molar-refractivity contribution >= 4 is 15.9 Å². The van der Waals surface area contributed by atoms with E-state index < -0.39 is 11.4 Å². The normalized spacial score (nSPS) is 14.2. The second-order valence-corrected chi connectivity index (χ2v) is 3.12. The molecule has 0 spiro atoms. The van der Waals surface area contributed by atoms with Gasteiger partial charge in [0, 0.05) is 0 Å². The van der Waals surface area contributed by atoms with Crippen LogP contribution in [-0.4, -0.2) is 6.36 Å². The Morgan fingerprint density at radius 3 is 2.15 bits per heavy atom. The molecule has 72 valence electrons. The average Bonchev–Trinajstić information content (AvgIpc) is 2.03. The molecule has 0 aliphatic heterocycles. The summed E-state index contributed by atoms with van der Waals surface area (Å²) in [4.78, 5) is 0. The third kappa shape index (κ3) is 3.78. The molecule has 0 radical (unpaired) electrons. The number of hydrogen-bond donors (Lipinski definition) is 0. The molecule has 0 aromatic heterocycles. The van der Waals surface area contributed by atoms with Crippen LogP contribution in [0.25, 0.3) is 0 Å². The van der Waals surface area contributed by atoms with E-state index in [2.05, 4.69) is 20.7 Å². The lowest BCUT2D eigenvalue weighted by molar-refractivity contribution is -0.330. The Kier molecular flexibility index (Phi) is 3.33. The lowest BCUT2D eigenvalue weighted by Crippen LogP contribution is -2.14. The molecule has 0 amide bonds. The highest BCUT2D eigenvalue weighted by molar-refractivity contribution is 9.09. The monoisotopic (exact) mass is 254 g/mol. The van der Waals surface area contributed by atoms with Crippen molar-refractivity contribution < 1.29 is 17.9 Å². The molecular formula is C8H6BrF3O. The molecule has 1 unspecified atom stereocenters. The van der Waals surface area contributed by atoms with E-state index in [1.54, 1.807) is 30.3 Å². The Labute approximate surface area is 81.6 Å². The third-order valence-corrected chi connectivity index (χ3v) is 2.01. The van der Waals surface area contributed by atoms with Crippen LogP contribution in [0.3, 0.4) is 0 Å². The van der Waals surface area contributed by atoms with Gasteiger partial charge in [-0.05, 0) is 5.56 Å². The minimum absolute atomic E-state index is 0.430. The molecule has 5 heteroatoms. The summed E-state index contributed by atoms with van der Waals surface area (Å²) in [5, 5.41) is -1.14. The highest BCUT2D eigenvalue weighted by atomic mass is 79.9. The van der Waals surface area contributed by atoms with Crippen molar-refractivity contribution in [1.29, 1.82) is 0 Å². The van der Waals surface area contributed by atoms with Gasteiger partial charge in [0.05, 0.1) is 0 Å². The zero-order chi connectivity index (χ0) is 9.90. The Bertz CT molecular complexity index is 260. The number of alkyl halides is 4. The molecule has 0 N–H and O–H groups in total. The standard InChI is InChI=1S/C8H6BrF3O/c9-7(13-8(10,11)12)6-4-2-1-3-5-6/h1-5,7H. The summed E-state index contributed by atoms with van der Waals surface area (Å²) in [6.07, 6.45) is -4.62. The molecule has 0 aliphatic rings. The minimum Gasteiger partial charge on any atom is -0.272 e. The summed E-state index contributed by atoms with van der Waals surface area (Å²) in [6.45, 7) is 0. The van der Waals surface area contributed by atoms with Gasteiger partial charge in [0.25, 0.3) is 0 Å². The maximum absolute atomic E-state index is 11.7. The van der Waals surface area contributed by atoms with Gasteiger partial charge in [-0.3, -0.25) is 4.74 Å². The van der Waals surface area contributed by atoms with Crippen LogP contribution < -0.4 is 0 Å². The summed E-state index contributed by atoms with van der Waals surface area (Å²) in [5.41, 5.74) is 0.430. The molecule has 1 atom stereocenters. The van der Waals surface area contributed by atoms with Crippen LogP contribution in [0.15, 0.2) is 30.3 Å². The van der Waals surface area contributed by atoms with Crippen LogP contribution >= 0.6 is 15.9 Å². The molecule has 1 aromatic carbocycles. The zero-order valence-electron chi connectivity index (χ0n) is 6.38. The van der Waals surface area contributed by atoms with E-state index in [9.17, 15) is 13.2 Å². The Hall–Kier alpha value is -0.550. The van der Waals surface area contributed by atoms with E-state index in [4.69, 9.17) is 0 Å². The van der Waals surface area contributed by atoms with Crippen LogP contribution in [0.1, 0.15) is 10.6 Å². The second-order valence-electron chi connectivity index (χ2n) is 2.29. The highest BCUT2D eigenvalue weighted by Crippen LogP contribution is 2.31. The van der Waals surface area contributed by atoms with Crippen molar-refractivity contribution in [3.05, 3.63) is 35.9 Å². The van der Waals surface area contributed by atoms with Crippen LogP contribution in [0.5, 0.6) is 0 Å². The van der Waals surface area contributed by atoms with Crippen molar-refractivity contribution in [3.8, 4) is 0 Å². The van der Waals surface area contributed by atoms with E-state index in [1.165, 1.54) is 0 Å². The summed E-state index contributed by atoms with van der Waals surface area (Å²) in [7, 11) is 0. The van der Waals surface area contributed by atoms with E-state index in [0.717, 1.165) is 0 Å². The van der Waals surface area contributed by atoms with Crippen LogP contribution in [0.2, 0.25) is 0 Å². The van der Waals surface area contributed by atoms with Gasteiger partial charge in [-0.2, -0.15) is 0 Å². The van der Waals surface area contributed by atoms with Crippen molar-refractivity contribution in [1.82, 2.24) is 0 Å². The average molecular weight is 255 g/mol. The summed E-state index contributed by atoms with van der Waals surface area (Å²) >= 11 is 2.78. The van der Waals surface area contributed by atoms with Crippen molar-refractivity contribution in [2.75, 3.05) is 0 Å². The van der Waals surface area contributed by atoms with Crippen molar-refractivity contribution in [3.63, 3.8) is 0 Å². The fourth-order valence-electron chi connectivity index (χ4n) is 0.790. The maximum atomic E-state index is 11.7. The molecule has 0 fully saturated rings. The van der Waals surface area contributed by atoms with E-state index >= 15 is 0 Å². The molecule has 1 aromatic rings. The first-order chi connectivity index (χ1) is 5.99. The summed E-state index contributed by atoms with van der Waals surface area (Å²) in [5.74, 6) is 0. The first kappa shape index (κ1) is 10.5. The summed E-state index contributed by atoms with van der Waals surface area (Å²) in [6, 6.07) is 8.10. The zero-order valence-corrected chi connectivity index (χ0v) is 7.97. The lowest BCUT2D eigenvalue weighted by atomic mass is 10.2. The fourth-order valence-corrected chi connectivity index (χ4v) is 1.31. The summed E-state index contributed by atoms with van der Waals surface area (Å²) < 4.78 is 39.0. The maximum Gasteiger partial charge on any atom is 0.523 e. The van der Waals surface area contributed by atoms with Crippen molar-refractivity contribution in [2.24, 2.45) is 0 Å². The molecule has 0 heterocycles.